The topological polar surface area (TPSA) is 0 Å². The minimum absolute atomic E-state index is 0.649. The van der Waals surface area contributed by atoms with Gasteiger partial charge < -0.3 is 0 Å². The van der Waals surface area contributed by atoms with Gasteiger partial charge in [0.25, 0.3) is 0 Å². The minimum atomic E-state index is 0.649. The highest BCUT2D eigenvalue weighted by Gasteiger charge is 1.97. The SMILES string of the molecule is CC(C)=CCCC(C)=CCCC(C)=CC/C=C/C(C)CCC=C(C)CCC=C(C)CCC=C(C)C. The lowest BCUT2D eigenvalue weighted by atomic mass is 10.0. The molecule has 0 amide bonds. The number of hydrogen-bond acceptors (Lipinski definition) is 0. The van der Waals surface area contributed by atoms with Crippen molar-refractivity contribution in [1.29, 1.82) is 0 Å². The molecule has 1 unspecified atom stereocenters. The van der Waals surface area contributed by atoms with Gasteiger partial charge in [-0.25, -0.2) is 0 Å². The number of rotatable bonds is 18. The Morgan fingerprint density at radius 2 is 0.857 bits per heavy atom. The van der Waals surface area contributed by atoms with E-state index in [4.69, 9.17) is 0 Å². The lowest BCUT2D eigenvalue weighted by Crippen LogP contribution is -1.89. The average molecular weight is 479 g/mol. The lowest BCUT2D eigenvalue weighted by molar-refractivity contribution is 0.653. The zero-order chi connectivity index (χ0) is 26.5. The number of hydrogen-bond donors (Lipinski definition) is 0. The summed E-state index contributed by atoms with van der Waals surface area (Å²) in [6.07, 6.45) is 32.1. The summed E-state index contributed by atoms with van der Waals surface area (Å²) in [6.45, 7) is 20.2. The summed E-state index contributed by atoms with van der Waals surface area (Å²) in [5.74, 6) is 0.649. The van der Waals surface area contributed by atoms with Crippen LogP contribution in [-0.2, 0) is 0 Å². The summed E-state index contributed by atoms with van der Waals surface area (Å²) in [4.78, 5) is 0. The molecule has 0 saturated heterocycles. The predicted molar refractivity (Wildman–Crippen MR) is 163 cm³/mol. The normalized spacial score (nSPS) is 14.4. The Bertz CT molecular complexity index is 765. The molecular formula is C35H58. The molecule has 0 rings (SSSR count). The third kappa shape index (κ3) is 23.7. The maximum Gasteiger partial charge on any atom is -0.0166 e. The van der Waals surface area contributed by atoms with Crippen LogP contribution >= 0.6 is 0 Å². The molecule has 0 aromatic carbocycles. The van der Waals surface area contributed by atoms with Gasteiger partial charge in [0, 0.05) is 0 Å². The highest BCUT2D eigenvalue weighted by Crippen LogP contribution is 2.15. The van der Waals surface area contributed by atoms with Crippen LogP contribution < -0.4 is 0 Å². The second-order valence-electron chi connectivity index (χ2n) is 11.1. The number of allylic oxidation sites excluding steroid dienone is 14. The summed E-state index contributed by atoms with van der Waals surface area (Å²) >= 11 is 0. The van der Waals surface area contributed by atoms with Crippen LogP contribution in [0.2, 0.25) is 0 Å². The van der Waals surface area contributed by atoms with Gasteiger partial charge in [0.2, 0.25) is 0 Å². The zero-order valence-electron chi connectivity index (χ0n) is 25.0. The Morgan fingerprint density at radius 3 is 1.29 bits per heavy atom. The second kappa shape index (κ2) is 21.5. The predicted octanol–water partition coefficient (Wildman–Crippen LogP) is 12.2. The van der Waals surface area contributed by atoms with Gasteiger partial charge in [-0.2, -0.15) is 0 Å². The molecule has 0 N–H and O–H groups in total. The molecule has 0 radical (unpaired) electrons. The lowest BCUT2D eigenvalue weighted by Gasteiger charge is -2.05. The molecule has 0 aliphatic carbocycles. The second-order valence-corrected chi connectivity index (χ2v) is 11.1. The van der Waals surface area contributed by atoms with Gasteiger partial charge in [-0.05, 0) is 132 Å². The fourth-order valence-electron chi connectivity index (χ4n) is 3.95. The maximum atomic E-state index is 2.45. The Labute approximate surface area is 220 Å². The summed E-state index contributed by atoms with van der Waals surface area (Å²) in [5.41, 5.74) is 8.94. The molecule has 198 valence electrons. The zero-order valence-corrected chi connectivity index (χ0v) is 25.0. The molecule has 0 aromatic heterocycles. The molecule has 0 spiro atoms. The fourth-order valence-corrected chi connectivity index (χ4v) is 3.95. The van der Waals surface area contributed by atoms with E-state index in [-0.39, 0.29) is 0 Å². The van der Waals surface area contributed by atoms with Gasteiger partial charge in [0.1, 0.15) is 0 Å². The molecule has 0 heteroatoms. The van der Waals surface area contributed by atoms with E-state index < -0.39 is 0 Å². The van der Waals surface area contributed by atoms with E-state index in [9.17, 15) is 0 Å². The van der Waals surface area contributed by atoms with E-state index in [1.807, 2.05) is 0 Å². The van der Waals surface area contributed by atoms with Crippen molar-refractivity contribution in [2.75, 3.05) is 0 Å². The van der Waals surface area contributed by atoms with Crippen LogP contribution in [0.5, 0.6) is 0 Å². The summed E-state index contributed by atoms with van der Waals surface area (Å²) in [6, 6.07) is 0. The molecule has 1 atom stereocenters. The summed E-state index contributed by atoms with van der Waals surface area (Å²) < 4.78 is 0. The van der Waals surface area contributed by atoms with Crippen molar-refractivity contribution in [1.82, 2.24) is 0 Å². The van der Waals surface area contributed by atoms with Crippen LogP contribution in [0.1, 0.15) is 133 Å². The van der Waals surface area contributed by atoms with E-state index in [0.717, 1.165) is 6.42 Å². The monoisotopic (exact) mass is 478 g/mol. The molecule has 0 heterocycles. The average Bonchev–Trinajstić information content (AvgIpc) is 2.76. The maximum absolute atomic E-state index is 2.45. The van der Waals surface area contributed by atoms with Crippen molar-refractivity contribution in [2.45, 2.75) is 133 Å². The first-order valence-corrected chi connectivity index (χ1v) is 14.2. The molecule has 0 nitrogen and oxygen atoms in total. The van der Waals surface area contributed by atoms with Crippen molar-refractivity contribution in [2.24, 2.45) is 5.92 Å². The Hall–Kier alpha value is -1.82. The standard InChI is InChI=1S/C35H58/c1-29(2)17-12-21-33(7)25-14-23-31(5)19-10-11-20-32(6)24-15-27-35(9)28-16-26-34(8)22-13-18-30(3)4/h11,17-20,25-27,32H,10,12-16,21-24,28H2,1-9H3/b20-11+,31-19?,33-25?,34-26?,35-27?. The molecule has 0 aromatic rings. The van der Waals surface area contributed by atoms with Crippen molar-refractivity contribution in [3.63, 3.8) is 0 Å². The van der Waals surface area contributed by atoms with E-state index in [2.05, 4.69) is 111 Å². The van der Waals surface area contributed by atoms with E-state index >= 15 is 0 Å². The van der Waals surface area contributed by atoms with E-state index in [1.54, 1.807) is 0 Å². The highest BCUT2D eigenvalue weighted by molar-refractivity contribution is 5.08. The smallest absolute Gasteiger partial charge is 0.0166 e. The first-order valence-electron chi connectivity index (χ1n) is 14.2. The Morgan fingerprint density at radius 1 is 0.486 bits per heavy atom. The van der Waals surface area contributed by atoms with Gasteiger partial charge in [0.15, 0.2) is 0 Å². The third-order valence-corrected chi connectivity index (χ3v) is 6.43. The summed E-state index contributed by atoms with van der Waals surface area (Å²) in [7, 11) is 0. The Balaban J connectivity index is 4.11. The Kier molecular flexibility index (Phi) is 20.3. The molecule has 0 saturated carbocycles. The first-order chi connectivity index (χ1) is 16.6. The van der Waals surface area contributed by atoms with Gasteiger partial charge in [-0.15, -0.1) is 0 Å². The molecular weight excluding hydrogens is 420 g/mol. The van der Waals surface area contributed by atoms with Gasteiger partial charge in [-0.1, -0.05) is 89.0 Å². The van der Waals surface area contributed by atoms with Gasteiger partial charge in [0.05, 0.1) is 0 Å². The van der Waals surface area contributed by atoms with Crippen LogP contribution in [0.3, 0.4) is 0 Å². The molecule has 35 heavy (non-hydrogen) atoms. The van der Waals surface area contributed by atoms with Crippen molar-refractivity contribution in [3.05, 3.63) is 82.0 Å². The van der Waals surface area contributed by atoms with Crippen LogP contribution in [0.25, 0.3) is 0 Å². The largest absolute Gasteiger partial charge is 0.0856 e. The first kappa shape index (κ1) is 33.2. The fraction of sp³-hybridized carbons (Fsp3) is 0.600. The highest BCUT2D eigenvalue weighted by atomic mass is 14.0. The van der Waals surface area contributed by atoms with E-state index in [0.29, 0.717) is 5.92 Å². The molecule has 0 fully saturated rings. The third-order valence-electron chi connectivity index (χ3n) is 6.43. The molecule has 0 aliphatic heterocycles. The van der Waals surface area contributed by atoms with Crippen molar-refractivity contribution < 1.29 is 0 Å². The molecule has 0 bridgehead atoms. The van der Waals surface area contributed by atoms with Crippen LogP contribution in [0, 0.1) is 5.92 Å². The van der Waals surface area contributed by atoms with E-state index in [1.165, 1.54) is 97.6 Å². The van der Waals surface area contributed by atoms with Crippen molar-refractivity contribution >= 4 is 0 Å². The summed E-state index contributed by atoms with van der Waals surface area (Å²) in [5, 5.41) is 0. The van der Waals surface area contributed by atoms with Crippen molar-refractivity contribution in [3.8, 4) is 0 Å². The minimum Gasteiger partial charge on any atom is -0.0856 e. The van der Waals surface area contributed by atoms with Crippen LogP contribution in [0.15, 0.2) is 82.0 Å². The van der Waals surface area contributed by atoms with Gasteiger partial charge in [-0.3, -0.25) is 0 Å². The van der Waals surface area contributed by atoms with Crippen LogP contribution in [0.4, 0.5) is 0 Å². The van der Waals surface area contributed by atoms with Crippen LogP contribution in [-0.4, -0.2) is 0 Å². The molecule has 0 aliphatic rings. The van der Waals surface area contributed by atoms with Gasteiger partial charge >= 0.3 is 0 Å². The quantitative estimate of drug-likeness (QED) is 0.172.